The van der Waals surface area contributed by atoms with Crippen molar-refractivity contribution in [3.8, 4) is 0 Å². The minimum absolute atomic E-state index is 0.0643. The molecule has 5 amide bonds. The molecule has 3 aliphatic rings. The number of ether oxygens (including phenoxy) is 1. The van der Waals surface area contributed by atoms with Gasteiger partial charge in [0.25, 0.3) is 5.91 Å². The molecule has 0 spiro atoms. The van der Waals surface area contributed by atoms with Crippen molar-refractivity contribution in [1.29, 1.82) is 0 Å². The van der Waals surface area contributed by atoms with E-state index in [1.165, 1.54) is 11.0 Å². The number of esters is 1. The number of amides is 5. The number of ketones is 1. The van der Waals surface area contributed by atoms with Crippen molar-refractivity contribution in [2.75, 3.05) is 19.7 Å². The average molecular weight is 632 g/mol. The van der Waals surface area contributed by atoms with E-state index in [-0.39, 0.29) is 36.1 Å². The van der Waals surface area contributed by atoms with Crippen molar-refractivity contribution in [2.24, 2.45) is 34.5 Å². The fraction of sp³-hybridized carbons (Fsp3) is 0.758. The summed E-state index contributed by atoms with van der Waals surface area (Å²) in [6, 6.07) is -4.52. The van der Waals surface area contributed by atoms with E-state index in [0.29, 0.717) is 25.5 Å². The zero-order chi connectivity index (χ0) is 33.9. The zero-order valence-electron chi connectivity index (χ0n) is 28.2. The Bertz CT molecular complexity index is 1170. The first-order valence-electron chi connectivity index (χ1n) is 16.2. The molecule has 45 heavy (non-hydrogen) atoms. The van der Waals surface area contributed by atoms with E-state index in [0.717, 1.165) is 12.8 Å². The summed E-state index contributed by atoms with van der Waals surface area (Å²) in [6.07, 6.45) is 4.32. The van der Waals surface area contributed by atoms with Crippen molar-refractivity contribution < 1.29 is 33.5 Å². The summed E-state index contributed by atoms with van der Waals surface area (Å²) < 4.78 is 5.41. The molecule has 3 rings (SSSR count). The van der Waals surface area contributed by atoms with Crippen LogP contribution in [-0.4, -0.2) is 84.3 Å². The molecule has 1 heterocycles. The second-order valence-corrected chi connectivity index (χ2v) is 14.8. The lowest BCUT2D eigenvalue weighted by molar-refractivity contribution is -0.147. The van der Waals surface area contributed by atoms with Gasteiger partial charge in [-0.1, -0.05) is 67.9 Å². The quantitative estimate of drug-likeness (QED) is 0.122. The van der Waals surface area contributed by atoms with Crippen LogP contribution in [-0.2, 0) is 28.7 Å². The van der Waals surface area contributed by atoms with Crippen LogP contribution in [0.1, 0.15) is 81.1 Å². The zero-order valence-corrected chi connectivity index (χ0v) is 28.2. The lowest BCUT2D eigenvalue weighted by Gasteiger charge is -2.38. The molecule has 1 aliphatic heterocycles. The maximum Gasteiger partial charge on any atom is 0.328 e. The highest BCUT2D eigenvalue weighted by Crippen LogP contribution is 2.65. The Kier molecular flexibility index (Phi) is 11.5. The molecular formula is C33H53N5O7. The summed E-state index contributed by atoms with van der Waals surface area (Å²) >= 11 is 0. The highest BCUT2D eigenvalue weighted by atomic mass is 16.5. The van der Waals surface area contributed by atoms with Crippen molar-refractivity contribution in [1.82, 2.24) is 26.2 Å². The molecule has 0 aromatic carbocycles. The maximum atomic E-state index is 14.2. The third-order valence-electron chi connectivity index (χ3n) is 9.36. The first-order chi connectivity index (χ1) is 20.9. The number of urea groups is 1. The van der Waals surface area contributed by atoms with Crippen LogP contribution in [0, 0.1) is 34.5 Å². The Morgan fingerprint density at radius 2 is 1.69 bits per heavy atom. The van der Waals surface area contributed by atoms with Gasteiger partial charge in [-0.05, 0) is 53.8 Å². The minimum atomic E-state index is -1.04. The lowest BCUT2D eigenvalue weighted by atomic mass is 9.85. The predicted octanol–water partition coefficient (Wildman–Crippen LogP) is 2.32. The van der Waals surface area contributed by atoms with Crippen molar-refractivity contribution in [3.63, 3.8) is 0 Å². The molecule has 4 N–H and O–H groups in total. The smallest absolute Gasteiger partial charge is 0.328 e. The van der Waals surface area contributed by atoms with Crippen LogP contribution in [0.4, 0.5) is 4.79 Å². The Morgan fingerprint density at radius 1 is 1.04 bits per heavy atom. The topological polar surface area (TPSA) is 163 Å². The summed E-state index contributed by atoms with van der Waals surface area (Å²) in [7, 11) is 0. The number of fused-ring (bicyclic) bond motifs is 1. The second kappa shape index (κ2) is 14.3. The van der Waals surface area contributed by atoms with Crippen LogP contribution in [0.3, 0.4) is 0 Å². The van der Waals surface area contributed by atoms with E-state index >= 15 is 0 Å². The Labute approximate surface area is 267 Å². The summed E-state index contributed by atoms with van der Waals surface area (Å²) in [5, 5.41) is 10.7. The molecule has 2 unspecified atom stereocenters. The maximum absolute atomic E-state index is 14.2. The van der Waals surface area contributed by atoms with Crippen LogP contribution < -0.4 is 21.3 Å². The highest BCUT2D eigenvalue weighted by Gasteiger charge is 2.70. The summed E-state index contributed by atoms with van der Waals surface area (Å²) in [6.45, 7) is 19.3. The number of nitrogens with one attached hydrogen (secondary N) is 4. The van der Waals surface area contributed by atoms with E-state index in [1.54, 1.807) is 13.8 Å². The molecule has 6 atom stereocenters. The van der Waals surface area contributed by atoms with Crippen LogP contribution >= 0.6 is 0 Å². The Hall–Kier alpha value is -3.44. The second-order valence-electron chi connectivity index (χ2n) is 14.8. The Balaban J connectivity index is 1.78. The number of nitrogens with zero attached hydrogens (tertiary/aromatic N) is 1. The van der Waals surface area contributed by atoms with Gasteiger partial charge < -0.3 is 30.9 Å². The van der Waals surface area contributed by atoms with E-state index in [1.807, 2.05) is 41.5 Å². The third kappa shape index (κ3) is 8.64. The molecule has 1 saturated heterocycles. The number of piperidine rings is 1. The number of rotatable bonds is 15. The molecule has 12 nitrogen and oxygen atoms in total. The molecular weight excluding hydrogens is 578 g/mol. The van der Waals surface area contributed by atoms with Crippen molar-refractivity contribution in [3.05, 3.63) is 12.7 Å². The standard InChI is InChI=1S/C33H53N5O7/c1-10-12-21(25(39)28(41)34-15-11-2)35-27(40)24-22-20(33(22,8)9)16-38(24)29(42)26(32(5,6)7)37-31(44)36-23(18(3)4)30(43)45-17-19-13-14-19/h11,18-24,26H,2,10,12-17H2,1,3-9H3,(H,34,41)(H,35,40)(H2,36,37,44)/t20-,21?,22-,23?,24-,26+/m0/s1. The van der Waals surface area contributed by atoms with E-state index in [4.69, 9.17) is 4.74 Å². The minimum Gasteiger partial charge on any atom is -0.464 e. The van der Waals surface area contributed by atoms with Gasteiger partial charge >= 0.3 is 12.0 Å². The van der Waals surface area contributed by atoms with Gasteiger partial charge in [-0.25, -0.2) is 9.59 Å². The van der Waals surface area contributed by atoms with Gasteiger partial charge in [0.15, 0.2) is 0 Å². The fourth-order valence-electron chi connectivity index (χ4n) is 6.24. The van der Waals surface area contributed by atoms with Crippen LogP contribution in [0.5, 0.6) is 0 Å². The molecule has 3 fully saturated rings. The first-order valence-corrected chi connectivity index (χ1v) is 16.2. The third-order valence-corrected chi connectivity index (χ3v) is 9.36. The normalized spacial score (nSPS) is 23.6. The summed E-state index contributed by atoms with van der Waals surface area (Å²) in [5.74, 6) is -2.95. The molecule has 0 aromatic heterocycles. The fourth-order valence-corrected chi connectivity index (χ4v) is 6.24. The molecule has 0 aromatic rings. The van der Waals surface area contributed by atoms with Gasteiger partial charge in [0, 0.05) is 13.1 Å². The number of carbonyl (C=O) groups is 6. The average Bonchev–Trinajstić information content (AvgIpc) is 3.82. The number of hydrogen-bond donors (Lipinski definition) is 4. The highest BCUT2D eigenvalue weighted by molar-refractivity contribution is 6.38. The first kappa shape index (κ1) is 36.0. The summed E-state index contributed by atoms with van der Waals surface area (Å²) in [5.41, 5.74) is -0.945. The predicted molar refractivity (Wildman–Crippen MR) is 169 cm³/mol. The number of carbonyl (C=O) groups excluding carboxylic acids is 6. The van der Waals surface area contributed by atoms with Crippen molar-refractivity contribution >= 4 is 35.5 Å². The van der Waals surface area contributed by atoms with Gasteiger partial charge in [0.05, 0.1) is 12.6 Å². The van der Waals surface area contributed by atoms with Gasteiger partial charge in [-0.2, -0.15) is 0 Å². The number of hydrogen-bond acceptors (Lipinski definition) is 7. The van der Waals surface area contributed by atoms with Crippen LogP contribution in [0.2, 0.25) is 0 Å². The van der Waals surface area contributed by atoms with E-state index in [9.17, 15) is 28.8 Å². The number of likely N-dealkylation sites (tertiary alicyclic amines) is 1. The monoisotopic (exact) mass is 631 g/mol. The molecule has 12 heteroatoms. The van der Waals surface area contributed by atoms with Gasteiger partial charge in [0.2, 0.25) is 17.6 Å². The largest absolute Gasteiger partial charge is 0.464 e. The van der Waals surface area contributed by atoms with Crippen molar-refractivity contribution in [2.45, 2.75) is 105 Å². The van der Waals surface area contributed by atoms with Crippen LogP contribution in [0.25, 0.3) is 0 Å². The van der Waals surface area contributed by atoms with Crippen LogP contribution in [0.15, 0.2) is 12.7 Å². The summed E-state index contributed by atoms with van der Waals surface area (Å²) in [4.78, 5) is 80.9. The number of Topliss-reactive ketones (excluding diaryl/α,β-unsaturated/α-hetero) is 1. The molecule has 0 radical (unpaired) electrons. The molecule has 2 saturated carbocycles. The van der Waals surface area contributed by atoms with E-state index < -0.39 is 65.1 Å². The molecule has 252 valence electrons. The lowest BCUT2D eigenvalue weighted by Crippen LogP contribution is -2.62. The van der Waals surface area contributed by atoms with E-state index in [2.05, 4.69) is 27.8 Å². The van der Waals surface area contributed by atoms with Gasteiger partial charge in [-0.15, -0.1) is 6.58 Å². The SMILES string of the molecule is C=CCNC(=O)C(=O)C(CCC)NC(=O)[C@@H]1[C@@H]2[C@H](CN1C(=O)[C@@H](NC(=O)NC(C(=O)OCC1CC1)C(C)C)C(C)(C)C)C2(C)C. The molecule has 0 bridgehead atoms. The Morgan fingerprint density at radius 3 is 2.22 bits per heavy atom. The van der Waals surface area contributed by atoms with Gasteiger partial charge in [0.1, 0.15) is 18.1 Å². The van der Waals surface area contributed by atoms with Gasteiger partial charge in [-0.3, -0.25) is 19.2 Å². The molecule has 2 aliphatic carbocycles.